The van der Waals surface area contributed by atoms with Gasteiger partial charge in [0.15, 0.2) is 9.84 Å². The third kappa shape index (κ3) is 2.69. The number of nitrogens with one attached hydrogen (secondary N) is 1. The first-order chi connectivity index (χ1) is 9.99. The minimum Gasteiger partial charge on any atom is -0.338 e. The molecule has 108 valence electrons. The number of aromatic nitrogens is 2. The first kappa shape index (κ1) is 14.2. The molecule has 2 aromatic carbocycles. The molecule has 1 N–H and O–H groups in total. The van der Waals surface area contributed by atoms with Crippen molar-refractivity contribution in [3.05, 3.63) is 42.5 Å². The zero-order chi connectivity index (χ0) is 15.0. The molecule has 0 bridgehead atoms. The Morgan fingerprint density at radius 3 is 2.43 bits per heavy atom. The number of aromatic amines is 1. The molecule has 3 aromatic rings. The highest BCUT2D eigenvalue weighted by Crippen LogP contribution is 2.26. The van der Waals surface area contributed by atoms with E-state index in [1.165, 1.54) is 11.2 Å². The average molecular weight is 318 g/mol. The van der Waals surface area contributed by atoms with E-state index in [1.54, 1.807) is 23.9 Å². The lowest BCUT2D eigenvalue weighted by atomic mass is 10.2. The standard InChI is InChI=1S/C15H14N2O2S2/c1-20-11-8-6-10(7-9-11)15-16-12-4-3-5-13(14(12)17-15)21(2,18)19/h3-9H,1-2H3,(H,16,17). The van der Waals surface area contributed by atoms with Gasteiger partial charge in [-0.05, 0) is 30.5 Å². The van der Waals surface area contributed by atoms with Crippen LogP contribution >= 0.6 is 11.8 Å². The van der Waals surface area contributed by atoms with Gasteiger partial charge in [0, 0.05) is 16.7 Å². The van der Waals surface area contributed by atoms with Gasteiger partial charge in [0.25, 0.3) is 0 Å². The van der Waals surface area contributed by atoms with E-state index in [-0.39, 0.29) is 4.90 Å². The number of imidazole rings is 1. The number of H-pyrrole nitrogens is 1. The van der Waals surface area contributed by atoms with Crippen LogP contribution in [0.2, 0.25) is 0 Å². The molecule has 6 heteroatoms. The molecule has 3 rings (SSSR count). The van der Waals surface area contributed by atoms with Gasteiger partial charge in [-0.1, -0.05) is 18.2 Å². The Morgan fingerprint density at radius 2 is 1.81 bits per heavy atom. The smallest absolute Gasteiger partial charge is 0.177 e. The van der Waals surface area contributed by atoms with Gasteiger partial charge in [-0.25, -0.2) is 13.4 Å². The summed E-state index contributed by atoms with van der Waals surface area (Å²) >= 11 is 1.67. The van der Waals surface area contributed by atoms with Gasteiger partial charge < -0.3 is 4.98 Å². The van der Waals surface area contributed by atoms with Crippen molar-refractivity contribution in [2.24, 2.45) is 0 Å². The van der Waals surface area contributed by atoms with Crippen LogP contribution in [-0.2, 0) is 9.84 Å². The highest BCUT2D eigenvalue weighted by molar-refractivity contribution is 7.98. The van der Waals surface area contributed by atoms with Crippen LogP contribution in [0.3, 0.4) is 0 Å². The van der Waals surface area contributed by atoms with Gasteiger partial charge in [0.2, 0.25) is 0 Å². The number of hydrogen-bond acceptors (Lipinski definition) is 4. The summed E-state index contributed by atoms with van der Waals surface area (Å²) < 4.78 is 23.6. The van der Waals surface area contributed by atoms with E-state index in [9.17, 15) is 8.42 Å². The summed E-state index contributed by atoms with van der Waals surface area (Å²) in [6, 6.07) is 13.1. The maximum absolute atomic E-state index is 11.8. The molecule has 4 nitrogen and oxygen atoms in total. The van der Waals surface area contributed by atoms with Gasteiger partial charge in [0.05, 0.1) is 10.4 Å². The maximum Gasteiger partial charge on any atom is 0.177 e. The number of hydrogen-bond donors (Lipinski definition) is 1. The minimum absolute atomic E-state index is 0.253. The molecule has 0 radical (unpaired) electrons. The molecular weight excluding hydrogens is 304 g/mol. The normalized spacial score (nSPS) is 11.9. The van der Waals surface area contributed by atoms with Crippen molar-refractivity contribution in [1.82, 2.24) is 9.97 Å². The Kier molecular flexibility index (Phi) is 3.51. The predicted octanol–water partition coefficient (Wildman–Crippen LogP) is 3.36. The lowest BCUT2D eigenvalue weighted by molar-refractivity contribution is 0.602. The summed E-state index contributed by atoms with van der Waals surface area (Å²) in [7, 11) is -3.29. The molecule has 0 fully saturated rings. The summed E-state index contributed by atoms with van der Waals surface area (Å²) in [5.41, 5.74) is 2.15. The van der Waals surface area contributed by atoms with E-state index in [0.29, 0.717) is 11.3 Å². The summed E-state index contributed by atoms with van der Waals surface area (Å²) in [5, 5.41) is 0. The number of benzene rings is 2. The Bertz CT molecular complexity index is 897. The van der Waals surface area contributed by atoms with Crippen molar-refractivity contribution in [2.75, 3.05) is 12.5 Å². The molecule has 1 heterocycles. The van der Waals surface area contributed by atoms with E-state index in [0.717, 1.165) is 11.1 Å². The zero-order valence-corrected chi connectivity index (χ0v) is 13.3. The van der Waals surface area contributed by atoms with Crippen LogP contribution < -0.4 is 0 Å². The molecule has 0 aliphatic heterocycles. The second-order valence-corrected chi connectivity index (χ2v) is 7.60. The van der Waals surface area contributed by atoms with Gasteiger partial charge in [-0.15, -0.1) is 11.8 Å². The monoisotopic (exact) mass is 318 g/mol. The van der Waals surface area contributed by atoms with Gasteiger partial charge in [0.1, 0.15) is 11.3 Å². The number of thioether (sulfide) groups is 1. The molecule has 0 aliphatic rings. The van der Waals surface area contributed by atoms with Gasteiger partial charge >= 0.3 is 0 Å². The Hall–Kier alpha value is -1.79. The Balaban J connectivity index is 2.17. The molecule has 0 amide bonds. The number of para-hydroxylation sites is 1. The van der Waals surface area contributed by atoms with Crippen molar-refractivity contribution in [3.63, 3.8) is 0 Å². The van der Waals surface area contributed by atoms with Crippen molar-refractivity contribution in [3.8, 4) is 11.4 Å². The molecule has 0 aliphatic carbocycles. The summed E-state index contributed by atoms with van der Waals surface area (Å²) in [6.07, 6.45) is 3.22. The SMILES string of the molecule is CSc1ccc(-c2nc3c(S(C)(=O)=O)cccc3[nH]2)cc1. The number of sulfone groups is 1. The Morgan fingerprint density at radius 1 is 1.10 bits per heavy atom. The lowest BCUT2D eigenvalue weighted by Crippen LogP contribution is -1.97. The van der Waals surface area contributed by atoms with Gasteiger partial charge in [-0.3, -0.25) is 0 Å². The van der Waals surface area contributed by atoms with E-state index < -0.39 is 9.84 Å². The zero-order valence-electron chi connectivity index (χ0n) is 11.6. The van der Waals surface area contributed by atoms with Crippen LogP contribution in [0.5, 0.6) is 0 Å². The molecule has 0 atom stereocenters. The highest BCUT2D eigenvalue weighted by Gasteiger charge is 2.15. The van der Waals surface area contributed by atoms with Gasteiger partial charge in [-0.2, -0.15) is 0 Å². The Labute approximate surface area is 127 Å². The summed E-state index contributed by atoms with van der Waals surface area (Å²) in [4.78, 5) is 9.07. The first-order valence-corrected chi connectivity index (χ1v) is 9.44. The number of nitrogens with zero attached hydrogens (tertiary/aromatic N) is 1. The fourth-order valence-electron chi connectivity index (χ4n) is 2.19. The lowest BCUT2D eigenvalue weighted by Gasteiger charge is -1.98. The van der Waals surface area contributed by atoms with E-state index in [4.69, 9.17) is 0 Å². The topological polar surface area (TPSA) is 62.8 Å². The minimum atomic E-state index is -3.29. The van der Waals surface area contributed by atoms with Crippen LogP contribution in [-0.4, -0.2) is 30.9 Å². The first-order valence-electron chi connectivity index (χ1n) is 6.32. The van der Waals surface area contributed by atoms with Crippen LogP contribution in [0.25, 0.3) is 22.4 Å². The summed E-state index contributed by atoms with van der Waals surface area (Å²) in [5.74, 6) is 0.675. The van der Waals surface area contributed by atoms with Crippen LogP contribution in [0.4, 0.5) is 0 Å². The molecular formula is C15H14N2O2S2. The third-order valence-electron chi connectivity index (χ3n) is 3.24. The number of fused-ring (bicyclic) bond motifs is 1. The molecule has 0 saturated carbocycles. The highest BCUT2D eigenvalue weighted by atomic mass is 32.2. The fraction of sp³-hybridized carbons (Fsp3) is 0.133. The van der Waals surface area contributed by atoms with Crippen LogP contribution in [0, 0.1) is 0 Å². The maximum atomic E-state index is 11.8. The largest absolute Gasteiger partial charge is 0.338 e. The van der Waals surface area contributed by atoms with E-state index in [1.807, 2.05) is 36.6 Å². The van der Waals surface area contributed by atoms with Crippen molar-refractivity contribution < 1.29 is 8.42 Å². The molecule has 21 heavy (non-hydrogen) atoms. The molecule has 0 unspecified atom stereocenters. The van der Waals surface area contributed by atoms with Crippen molar-refractivity contribution in [2.45, 2.75) is 9.79 Å². The second kappa shape index (κ2) is 5.20. The summed E-state index contributed by atoms with van der Waals surface area (Å²) in [6.45, 7) is 0. The predicted molar refractivity (Wildman–Crippen MR) is 86.4 cm³/mol. The quantitative estimate of drug-likeness (QED) is 0.752. The fourth-order valence-corrected chi connectivity index (χ4v) is 3.43. The molecule has 0 saturated heterocycles. The third-order valence-corrected chi connectivity index (χ3v) is 5.11. The van der Waals surface area contributed by atoms with E-state index in [2.05, 4.69) is 9.97 Å². The van der Waals surface area contributed by atoms with Crippen molar-refractivity contribution in [1.29, 1.82) is 0 Å². The molecule has 1 aromatic heterocycles. The average Bonchev–Trinajstić information content (AvgIpc) is 2.90. The van der Waals surface area contributed by atoms with Crippen LogP contribution in [0.15, 0.2) is 52.3 Å². The number of rotatable bonds is 3. The second-order valence-electron chi connectivity index (χ2n) is 4.74. The van der Waals surface area contributed by atoms with Crippen LogP contribution in [0.1, 0.15) is 0 Å². The molecule has 0 spiro atoms. The van der Waals surface area contributed by atoms with Crippen molar-refractivity contribution >= 4 is 32.6 Å². The van der Waals surface area contributed by atoms with E-state index >= 15 is 0 Å².